The summed E-state index contributed by atoms with van der Waals surface area (Å²) in [7, 11) is 0. The van der Waals surface area contributed by atoms with Crippen LogP contribution in [0.3, 0.4) is 0 Å². The van der Waals surface area contributed by atoms with Crippen LogP contribution in [0.1, 0.15) is 52.1 Å². The quantitative estimate of drug-likeness (QED) is 0.732. The van der Waals surface area contributed by atoms with Crippen LogP contribution in [0.5, 0.6) is 0 Å². The van der Waals surface area contributed by atoms with Crippen LogP contribution in [0.25, 0.3) is 0 Å². The monoisotopic (exact) mass is 287 g/mol. The van der Waals surface area contributed by atoms with Crippen molar-refractivity contribution in [3.8, 4) is 0 Å². The number of hydrogen-bond donors (Lipinski definition) is 1. The fourth-order valence-corrected chi connectivity index (χ4v) is 2.32. The molecule has 0 aliphatic carbocycles. The van der Waals surface area contributed by atoms with Gasteiger partial charge in [0.2, 0.25) is 0 Å². The summed E-state index contributed by atoms with van der Waals surface area (Å²) >= 11 is 12.0. The Labute approximate surface area is 121 Å². The van der Waals surface area contributed by atoms with Gasteiger partial charge in [0.25, 0.3) is 0 Å². The molecule has 0 spiro atoms. The Kier molecular flexibility index (Phi) is 6.48. The molecule has 3 heteroatoms. The second-order valence-corrected chi connectivity index (χ2v) is 5.79. The third-order valence-electron chi connectivity index (χ3n) is 3.72. The van der Waals surface area contributed by atoms with Crippen molar-refractivity contribution in [2.75, 3.05) is 0 Å². The zero-order valence-corrected chi connectivity index (χ0v) is 13.1. The van der Waals surface area contributed by atoms with Gasteiger partial charge in [-0.1, -0.05) is 56.5 Å². The second-order valence-electron chi connectivity index (χ2n) is 4.98. The SMILES string of the molecule is CCC(NC(C)C(C)CC)c1ccc(Cl)c(Cl)c1. The molecule has 1 nitrogen and oxygen atoms in total. The minimum absolute atomic E-state index is 0.337. The highest BCUT2D eigenvalue weighted by Gasteiger charge is 2.16. The smallest absolute Gasteiger partial charge is 0.0595 e. The molecule has 3 atom stereocenters. The van der Waals surface area contributed by atoms with Gasteiger partial charge in [0.1, 0.15) is 0 Å². The largest absolute Gasteiger partial charge is 0.307 e. The summed E-state index contributed by atoms with van der Waals surface area (Å²) in [6, 6.07) is 6.73. The average molecular weight is 288 g/mol. The van der Waals surface area contributed by atoms with Crippen molar-refractivity contribution >= 4 is 23.2 Å². The van der Waals surface area contributed by atoms with Crippen molar-refractivity contribution in [3.05, 3.63) is 33.8 Å². The van der Waals surface area contributed by atoms with Gasteiger partial charge in [-0.3, -0.25) is 0 Å². The molecule has 1 rings (SSSR count). The molecule has 0 bridgehead atoms. The van der Waals surface area contributed by atoms with Crippen molar-refractivity contribution in [3.63, 3.8) is 0 Å². The maximum atomic E-state index is 6.08. The molecule has 0 heterocycles. The fourth-order valence-electron chi connectivity index (χ4n) is 2.01. The Morgan fingerprint density at radius 1 is 1.06 bits per heavy atom. The third-order valence-corrected chi connectivity index (χ3v) is 4.45. The number of hydrogen-bond acceptors (Lipinski definition) is 1. The second kappa shape index (κ2) is 7.37. The van der Waals surface area contributed by atoms with E-state index in [1.54, 1.807) is 0 Å². The van der Waals surface area contributed by atoms with E-state index in [9.17, 15) is 0 Å². The Balaban J connectivity index is 2.79. The molecule has 1 aromatic rings. The van der Waals surface area contributed by atoms with E-state index in [2.05, 4.69) is 39.1 Å². The standard InChI is InChI=1S/C15H23Cl2N/c1-5-10(3)11(4)18-15(6-2)12-7-8-13(16)14(17)9-12/h7-11,15,18H,5-6H2,1-4H3. The topological polar surface area (TPSA) is 12.0 Å². The Morgan fingerprint density at radius 2 is 1.72 bits per heavy atom. The first-order chi connectivity index (χ1) is 8.49. The number of rotatable bonds is 6. The van der Waals surface area contributed by atoms with E-state index < -0.39 is 0 Å². The molecule has 0 fully saturated rings. The molecule has 0 aliphatic rings. The van der Waals surface area contributed by atoms with Crippen LogP contribution in [0.15, 0.2) is 18.2 Å². The van der Waals surface area contributed by atoms with Gasteiger partial charge in [0.05, 0.1) is 10.0 Å². The van der Waals surface area contributed by atoms with E-state index in [1.165, 1.54) is 12.0 Å². The van der Waals surface area contributed by atoms with E-state index in [4.69, 9.17) is 23.2 Å². The lowest BCUT2D eigenvalue weighted by molar-refractivity contribution is 0.346. The molecule has 0 saturated carbocycles. The molecule has 102 valence electrons. The van der Waals surface area contributed by atoms with E-state index in [1.807, 2.05) is 12.1 Å². The Morgan fingerprint density at radius 3 is 2.22 bits per heavy atom. The fraction of sp³-hybridized carbons (Fsp3) is 0.600. The van der Waals surface area contributed by atoms with E-state index in [-0.39, 0.29) is 0 Å². The molecule has 0 aliphatic heterocycles. The molecular formula is C15H23Cl2N. The Hall–Kier alpha value is -0.240. The van der Waals surface area contributed by atoms with E-state index >= 15 is 0 Å². The average Bonchev–Trinajstić information content (AvgIpc) is 2.38. The van der Waals surface area contributed by atoms with Crippen LogP contribution < -0.4 is 5.32 Å². The van der Waals surface area contributed by atoms with Gasteiger partial charge in [0, 0.05) is 12.1 Å². The van der Waals surface area contributed by atoms with Crippen LogP contribution in [-0.2, 0) is 0 Å². The van der Waals surface area contributed by atoms with Crippen molar-refractivity contribution < 1.29 is 0 Å². The minimum Gasteiger partial charge on any atom is -0.307 e. The zero-order valence-electron chi connectivity index (χ0n) is 11.6. The third kappa shape index (κ3) is 4.15. The summed E-state index contributed by atoms with van der Waals surface area (Å²) in [6.45, 7) is 8.93. The lowest BCUT2D eigenvalue weighted by Crippen LogP contribution is -2.34. The predicted molar refractivity (Wildman–Crippen MR) is 81.5 cm³/mol. The zero-order chi connectivity index (χ0) is 13.7. The van der Waals surface area contributed by atoms with Crippen LogP contribution in [0, 0.1) is 5.92 Å². The Bertz CT molecular complexity index is 379. The molecule has 3 unspecified atom stereocenters. The van der Waals surface area contributed by atoms with Crippen molar-refractivity contribution in [2.45, 2.75) is 52.6 Å². The van der Waals surface area contributed by atoms with Gasteiger partial charge in [0.15, 0.2) is 0 Å². The summed E-state index contributed by atoms with van der Waals surface area (Å²) in [5.41, 5.74) is 1.21. The van der Waals surface area contributed by atoms with E-state index in [0.717, 1.165) is 6.42 Å². The van der Waals surface area contributed by atoms with Crippen LogP contribution >= 0.6 is 23.2 Å². The van der Waals surface area contributed by atoms with Crippen LogP contribution in [-0.4, -0.2) is 6.04 Å². The molecule has 18 heavy (non-hydrogen) atoms. The van der Waals surface area contributed by atoms with Gasteiger partial charge in [-0.05, 0) is 37.0 Å². The molecule has 1 N–H and O–H groups in total. The van der Waals surface area contributed by atoms with E-state index in [0.29, 0.717) is 28.0 Å². The maximum Gasteiger partial charge on any atom is 0.0595 e. The summed E-state index contributed by atoms with van der Waals surface area (Å²) in [5.74, 6) is 0.668. The highest BCUT2D eigenvalue weighted by Crippen LogP contribution is 2.27. The van der Waals surface area contributed by atoms with Crippen molar-refractivity contribution in [1.29, 1.82) is 0 Å². The summed E-state index contributed by atoms with van der Waals surface area (Å²) in [5, 5.41) is 4.92. The predicted octanol–water partition coefficient (Wildman–Crippen LogP) is 5.47. The highest BCUT2D eigenvalue weighted by molar-refractivity contribution is 6.42. The molecular weight excluding hydrogens is 265 g/mol. The number of benzene rings is 1. The first-order valence-corrected chi connectivity index (χ1v) is 7.46. The molecule has 0 saturated heterocycles. The molecule has 0 radical (unpaired) electrons. The van der Waals surface area contributed by atoms with Crippen LogP contribution in [0.2, 0.25) is 10.0 Å². The van der Waals surface area contributed by atoms with Gasteiger partial charge in [-0.25, -0.2) is 0 Å². The first kappa shape index (κ1) is 15.8. The molecule has 0 amide bonds. The maximum absolute atomic E-state index is 6.08. The summed E-state index contributed by atoms with van der Waals surface area (Å²) < 4.78 is 0. The van der Waals surface area contributed by atoms with Gasteiger partial charge in [-0.2, -0.15) is 0 Å². The lowest BCUT2D eigenvalue weighted by Gasteiger charge is -2.26. The number of nitrogens with one attached hydrogen (secondary N) is 1. The van der Waals surface area contributed by atoms with Gasteiger partial charge in [-0.15, -0.1) is 0 Å². The highest BCUT2D eigenvalue weighted by atomic mass is 35.5. The summed E-state index contributed by atoms with van der Waals surface area (Å²) in [6.07, 6.45) is 2.23. The van der Waals surface area contributed by atoms with Crippen LogP contribution in [0.4, 0.5) is 0 Å². The summed E-state index contributed by atoms with van der Waals surface area (Å²) in [4.78, 5) is 0. The van der Waals surface area contributed by atoms with Crippen molar-refractivity contribution in [1.82, 2.24) is 5.32 Å². The number of halogens is 2. The molecule has 0 aromatic heterocycles. The lowest BCUT2D eigenvalue weighted by atomic mass is 9.97. The minimum atomic E-state index is 0.337. The van der Waals surface area contributed by atoms with Crippen molar-refractivity contribution in [2.24, 2.45) is 5.92 Å². The molecule has 1 aromatic carbocycles. The normalized spacial score (nSPS) is 16.3. The first-order valence-electron chi connectivity index (χ1n) is 6.70. The van der Waals surface area contributed by atoms with Gasteiger partial charge < -0.3 is 5.32 Å². The van der Waals surface area contributed by atoms with Gasteiger partial charge >= 0.3 is 0 Å².